The van der Waals surface area contributed by atoms with Crippen LogP contribution in [0, 0.1) is 0 Å². The summed E-state index contributed by atoms with van der Waals surface area (Å²) in [7, 11) is -3.20. The van der Waals surface area contributed by atoms with Crippen LogP contribution in [0.1, 0.15) is 18.1 Å². The van der Waals surface area contributed by atoms with Gasteiger partial charge in [-0.05, 0) is 30.2 Å². The lowest BCUT2D eigenvalue weighted by Crippen LogP contribution is -2.39. The second kappa shape index (κ2) is 7.97. The van der Waals surface area contributed by atoms with Gasteiger partial charge in [-0.1, -0.05) is 42.5 Å². The Kier molecular flexibility index (Phi) is 5.98. The van der Waals surface area contributed by atoms with E-state index in [4.69, 9.17) is 0 Å². The molecular formula is C18H22N2O3S. The number of hydrogen-bond acceptors (Lipinski definition) is 3. The molecule has 0 heterocycles. The lowest BCUT2D eigenvalue weighted by atomic mass is 10.2. The predicted octanol–water partition coefficient (Wildman–Crippen LogP) is 2.82. The molecule has 0 bridgehead atoms. The number of hydrogen-bond donors (Lipinski definition) is 1. The highest BCUT2D eigenvalue weighted by Gasteiger charge is 2.12. The maximum Gasteiger partial charge on any atom is 0.317 e. The van der Waals surface area contributed by atoms with E-state index in [1.165, 1.54) is 6.26 Å². The Morgan fingerprint density at radius 1 is 1.00 bits per heavy atom. The van der Waals surface area contributed by atoms with Gasteiger partial charge < -0.3 is 10.2 Å². The van der Waals surface area contributed by atoms with Crippen molar-refractivity contribution >= 4 is 15.9 Å². The van der Waals surface area contributed by atoms with E-state index >= 15 is 0 Å². The smallest absolute Gasteiger partial charge is 0.317 e. The lowest BCUT2D eigenvalue weighted by molar-refractivity contribution is 0.197. The summed E-state index contributed by atoms with van der Waals surface area (Å²) in [6.07, 6.45) is 1.17. The molecule has 1 N–H and O–H groups in total. The van der Waals surface area contributed by atoms with Crippen molar-refractivity contribution in [2.24, 2.45) is 0 Å². The number of urea groups is 1. The number of sulfone groups is 1. The molecular weight excluding hydrogens is 324 g/mol. The third-order valence-electron chi connectivity index (χ3n) is 3.68. The first kappa shape index (κ1) is 18.0. The molecule has 0 aromatic heterocycles. The van der Waals surface area contributed by atoms with Crippen LogP contribution < -0.4 is 5.32 Å². The van der Waals surface area contributed by atoms with E-state index in [0.717, 1.165) is 11.1 Å². The van der Waals surface area contributed by atoms with E-state index in [1.807, 2.05) is 37.3 Å². The van der Waals surface area contributed by atoms with Crippen molar-refractivity contribution < 1.29 is 13.2 Å². The highest BCUT2D eigenvalue weighted by atomic mass is 32.2. The fraction of sp³-hybridized carbons (Fsp3) is 0.278. The minimum atomic E-state index is -3.20. The molecule has 128 valence electrons. The van der Waals surface area contributed by atoms with Gasteiger partial charge in [0.1, 0.15) is 0 Å². The van der Waals surface area contributed by atoms with Crippen molar-refractivity contribution in [1.29, 1.82) is 0 Å². The molecule has 0 aliphatic rings. The van der Waals surface area contributed by atoms with Gasteiger partial charge in [0.2, 0.25) is 0 Å². The van der Waals surface area contributed by atoms with Crippen molar-refractivity contribution in [2.45, 2.75) is 24.9 Å². The minimum Gasteiger partial charge on any atom is -0.334 e. The van der Waals surface area contributed by atoms with Gasteiger partial charge in [0.15, 0.2) is 9.84 Å². The highest BCUT2D eigenvalue weighted by molar-refractivity contribution is 7.90. The average Bonchev–Trinajstić information content (AvgIpc) is 2.58. The molecule has 6 heteroatoms. The Balaban J connectivity index is 1.93. The van der Waals surface area contributed by atoms with E-state index in [0.29, 0.717) is 19.6 Å². The van der Waals surface area contributed by atoms with Crippen LogP contribution >= 0.6 is 0 Å². The van der Waals surface area contributed by atoms with Crippen LogP contribution in [-0.4, -0.2) is 32.1 Å². The molecule has 0 spiro atoms. The summed E-state index contributed by atoms with van der Waals surface area (Å²) >= 11 is 0. The number of benzene rings is 2. The molecule has 5 nitrogen and oxygen atoms in total. The summed E-state index contributed by atoms with van der Waals surface area (Å²) in [5.74, 6) is 0. The zero-order chi connectivity index (χ0) is 17.6. The molecule has 0 aliphatic heterocycles. The molecule has 2 amide bonds. The minimum absolute atomic E-state index is 0.145. The molecule has 2 aromatic carbocycles. The van der Waals surface area contributed by atoms with Crippen molar-refractivity contribution in [3.05, 3.63) is 65.7 Å². The third kappa shape index (κ3) is 5.09. The number of nitrogens with zero attached hydrogens (tertiary/aromatic N) is 1. The van der Waals surface area contributed by atoms with Gasteiger partial charge in [0.05, 0.1) is 4.90 Å². The number of amides is 2. The second-order valence-corrected chi connectivity index (χ2v) is 7.59. The van der Waals surface area contributed by atoms with Crippen molar-refractivity contribution in [1.82, 2.24) is 10.2 Å². The fourth-order valence-corrected chi connectivity index (χ4v) is 2.91. The van der Waals surface area contributed by atoms with Gasteiger partial charge in [-0.25, -0.2) is 13.2 Å². The first-order valence-electron chi connectivity index (χ1n) is 7.76. The van der Waals surface area contributed by atoms with Crippen LogP contribution in [0.25, 0.3) is 0 Å². The zero-order valence-electron chi connectivity index (χ0n) is 13.9. The highest BCUT2D eigenvalue weighted by Crippen LogP contribution is 2.10. The monoisotopic (exact) mass is 346 g/mol. The number of carbonyl (C=O) groups excluding carboxylic acids is 1. The van der Waals surface area contributed by atoms with E-state index in [2.05, 4.69) is 5.32 Å². The molecule has 0 fully saturated rings. The van der Waals surface area contributed by atoms with Crippen molar-refractivity contribution in [3.63, 3.8) is 0 Å². The van der Waals surface area contributed by atoms with Gasteiger partial charge in [-0.2, -0.15) is 0 Å². The summed E-state index contributed by atoms with van der Waals surface area (Å²) in [5.41, 5.74) is 1.93. The Labute approximate surface area is 143 Å². The maximum atomic E-state index is 12.3. The van der Waals surface area contributed by atoms with Crippen LogP contribution in [0.15, 0.2) is 59.5 Å². The molecule has 0 atom stereocenters. The fourth-order valence-electron chi connectivity index (χ4n) is 2.27. The molecule has 0 aliphatic carbocycles. The predicted molar refractivity (Wildman–Crippen MR) is 94.3 cm³/mol. The summed E-state index contributed by atoms with van der Waals surface area (Å²) < 4.78 is 22.9. The number of nitrogens with one attached hydrogen (secondary N) is 1. The standard InChI is InChI=1S/C18H22N2O3S/c1-3-20(14-16-7-5-4-6-8-16)18(21)19-13-15-9-11-17(12-10-15)24(2,22)23/h4-12H,3,13-14H2,1-2H3,(H,19,21). The zero-order valence-corrected chi connectivity index (χ0v) is 14.7. The van der Waals surface area contributed by atoms with Crippen LogP contribution in [0.3, 0.4) is 0 Å². The molecule has 0 saturated carbocycles. The SMILES string of the molecule is CCN(Cc1ccccc1)C(=O)NCc1ccc(S(C)(=O)=O)cc1. The Hall–Kier alpha value is -2.34. The molecule has 2 aromatic rings. The van der Waals surface area contributed by atoms with Crippen LogP contribution in [0.2, 0.25) is 0 Å². The molecule has 24 heavy (non-hydrogen) atoms. The van der Waals surface area contributed by atoms with Crippen LogP contribution in [0.4, 0.5) is 4.79 Å². The third-order valence-corrected chi connectivity index (χ3v) is 4.81. The number of carbonyl (C=O) groups is 1. The molecule has 2 rings (SSSR count). The summed E-state index contributed by atoms with van der Waals surface area (Å²) in [6, 6.07) is 16.2. The normalized spacial score (nSPS) is 11.1. The molecule has 0 saturated heterocycles. The first-order chi connectivity index (χ1) is 11.4. The lowest BCUT2D eigenvalue weighted by Gasteiger charge is -2.21. The van der Waals surface area contributed by atoms with Gasteiger partial charge in [0, 0.05) is 25.9 Å². The van der Waals surface area contributed by atoms with Crippen molar-refractivity contribution in [2.75, 3.05) is 12.8 Å². The Bertz CT molecular complexity index is 772. The largest absolute Gasteiger partial charge is 0.334 e. The average molecular weight is 346 g/mol. The van der Waals surface area contributed by atoms with E-state index in [9.17, 15) is 13.2 Å². The Morgan fingerprint density at radius 3 is 2.17 bits per heavy atom. The maximum absolute atomic E-state index is 12.3. The van der Waals surface area contributed by atoms with E-state index in [1.54, 1.807) is 29.2 Å². The topological polar surface area (TPSA) is 66.5 Å². The summed E-state index contributed by atoms with van der Waals surface area (Å²) in [5, 5.41) is 2.87. The molecule has 0 radical (unpaired) electrons. The van der Waals surface area contributed by atoms with Crippen LogP contribution in [-0.2, 0) is 22.9 Å². The number of rotatable bonds is 6. The van der Waals surface area contributed by atoms with Crippen LogP contribution in [0.5, 0.6) is 0 Å². The molecule has 0 unspecified atom stereocenters. The van der Waals surface area contributed by atoms with Crippen molar-refractivity contribution in [3.8, 4) is 0 Å². The van der Waals surface area contributed by atoms with Gasteiger partial charge in [0.25, 0.3) is 0 Å². The van der Waals surface area contributed by atoms with Gasteiger partial charge in [-0.15, -0.1) is 0 Å². The second-order valence-electron chi connectivity index (χ2n) is 5.57. The summed E-state index contributed by atoms with van der Waals surface area (Å²) in [6.45, 7) is 3.45. The van der Waals surface area contributed by atoms with Gasteiger partial charge in [-0.3, -0.25) is 0 Å². The van der Waals surface area contributed by atoms with Gasteiger partial charge >= 0.3 is 6.03 Å². The van der Waals surface area contributed by atoms with E-state index in [-0.39, 0.29) is 10.9 Å². The van der Waals surface area contributed by atoms with E-state index < -0.39 is 9.84 Å². The Morgan fingerprint density at radius 2 is 1.62 bits per heavy atom. The summed E-state index contributed by atoms with van der Waals surface area (Å²) in [4.78, 5) is 14.3. The first-order valence-corrected chi connectivity index (χ1v) is 9.65. The quantitative estimate of drug-likeness (QED) is 0.874.